The topological polar surface area (TPSA) is 82.6 Å². The largest absolute Gasteiger partial charge is 0.357 e. The zero-order chi connectivity index (χ0) is 17.4. The van der Waals surface area contributed by atoms with Gasteiger partial charge in [-0.3, -0.25) is 0 Å². The van der Waals surface area contributed by atoms with Crippen LogP contribution in [0.2, 0.25) is 4.34 Å². The van der Waals surface area contributed by atoms with Gasteiger partial charge in [0.1, 0.15) is 4.21 Å². The third kappa shape index (κ3) is 7.79. The van der Waals surface area contributed by atoms with E-state index in [0.717, 1.165) is 17.9 Å². The summed E-state index contributed by atoms with van der Waals surface area (Å²) in [6.07, 6.45) is 0. The van der Waals surface area contributed by atoms with Gasteiger partial charge in [-0.15, -0.1) is 46.7 Å². The molecule has 6 nitrogen and oxygen atoms in total. The van der Waals surface area contributed by atoms with Crippen molar-refractivity contribution < 1.29 is 8.42 Å². The van der Waals surface area contributed by atoms with Crippen LogP contribution in [-0.4, -0.2) is 34.0 Å². The molecule has 0 aromatic carbocycles. The first-order chi connectivity index (χ1) is 11.5. The first-order valence-corrected chi connectivity index (χ1v) is 10.9. The summed E-state index contributed by atoms with van der Waals surface area (Å²) in [4.78, 5) is 5.63. The van der Waals surface area contributed by atoms with E-state index in [1.54, 1.807) is 17.4 Å². The van der Waals surface area contributed by atoms with Gasteiger partial charge >= 0.3 is 0 Å². The molecule has 0 bridgehead atoms. The molecule has 0 saturated carbocycles. The summed E-state index contributed by atoms with van der Waals surface area (Å²) in [5.74, 6) is 0.657. The number of guanidine groups is 1. The van der Waals surface area contributed by atoms with E-state index in [2.05, 4.69) is 20.3 Å². The van der Waals surface area contributed by atoms with E-state index in [0.29, 0.717) is 23.4 Å². The van der Waals surface area contributed by atoms with E-state index in [1.807, 2.05) is 24.4 Å². The van der Waals surface area contributed by atoms with Crippen LogP contribution in [0, 0.1) is 0 Å². The van der Waals surface area contributed by atoms with Crippen molar-refractivity contribution in [3.8, 4) is 0 Å². The first kappa shape index (κ1) is 22.6. The van der Waals surface area contributed by atoms with E-state index in [4.69, 9.17) is 11.6 Å². The molecule has 0 radical (unpaired) electrons. The lowest BCUT2D eigenvalue weighted by atomic mass is 10.5. The molecular weight excluding hydrogens is 515 g/mol. The second-order valence-electron chi connectivity index (χ2n) is 4.66. The number of rotatable bonds is 8. The maximum absolute atomic E-state index is 12.1. The lowest BCUT2D eigenvalue weighted by Gasteiger charge is -2.11. The average Bonchev–Trinajstić information content (AvgIpc) is 3.20. The van der Waals surface area contributed by atoms with Crippen molar-refractivity contribution in [3.63, 3.8) is 0 Å². The summed E-state index contributed by atoms with van der Waals surface area (Å²) in [5, 5.41) is 8.25. The van der Waals surface area contributed by atoms with E-state index in [9.17, 15) is 8.42 Å². The number of hydrogen-bond donors (Lipinski definition) is 3. The van der Waals surface area contributed by atoms with Crippen molar-refractivity contribution in [3.05, 3.63) is 38.9 Å². The molecule has 0 saturated heterocycles. The monoisotopic (exact) mass is 534 g/mol. The van der Waals surface area contributed by atoms with E-state index in [-0.39, 0.29) is 34.7 Å². The highest BCUT2D eigenvalue weighted by atomic mass is 127. The van der Waals surface area contributed by atoms with Gasteiger partial charge in [0.15, 0.2) is 5.96 Å². The molecule has 2 aromatic rings. The van der Waals surface area contributed by atoms with Gasteiger partial charge in [0.05, 0.1) is 10.9 Å². The van der Waals surface area contributed by atoms with Crippen LogP contribution in [-0.2, 0) is 16.6 Å². The van der Waals surface area contributed by atoms with Crippen molar-refractivity contribution in [1.82, 2.24) is 15.4 Å². The highest BCUT2D eigenvalue weighted by molar-refractivity contribution is 14.0. The molecule has 2 aromatic heterocycles. The summed E-state index contributed by atoms with van der Waals surface area (Å²) >= 11 is 8.46. The fourth-order valence-corrected chi connectivity index (χ4v) is 4.97. The fourth-order valence-electron chi connectivity index (χ4n) is 1.78. The van der Waals surface area contributed by atoms with Crippen LogP contribution in [0.5, 0.6) is 0 Å². The number of thiophene rings is 2. The molecule has 0 amide bonds. The van der Waals surface area contributed by atoms with Crippen molar-refractivity contribution in [2.24, 2.45) is 4.99 Å². The maximum Gasteiger partial charge on any atom is 0.250 e. The summed E-state index contributed by atoms with van der Waals surface area (Å²) < 4.78 is 27.3. The van der Waals surface area contributed by atoms with Crippen molar-refractivity contribution in [2.45, 2.75) is 17.7 Å². The lowest BCUT2D eigenvalue weighted by molar-refractivity contribution is 0.582. The molecule has 2 heterocycles. The van der Waals surface area contributed by atoms with E-state index in [1.165, 1.54) is 10.9 Å². The third-order valence-electron chi connectivity index (χ3n) is 2.84. The van der Waals surface area contributed by atoms with E-state index < -0.39 is 10.0 Å². The molecule has 0 aliphatic rings. The van der Waals surface area contributed by atoms with Crippen LogP contribution < -0.4 is 15.4 Å². The molecule has 25 heavy (non-hydrogen) atoms. The molecule has 0 aliphatic carbocycles. The van der Waals surface area contributed by atoms with Crippen molar-refractivity contribution in [2.75, 3.05) is 19.6 Å². The molecule has 2 rings (SSSR count). The quantitative estimate of drug-likeness (QED) is 0.210. The van der Waals surface area contributed by atoms with Gasteiger partial charge in [0.25, 0.3) is 0 Å². The zero-order valence-corrected chi connectivity index (χ0v) is 19.0. The number of sulfonamides is 1. The van der Waals surface area contributed by atoms with Gasteiger partial charge in [-0.2, -0.15) is 0 Å². The molecule has 0 unspecified atom stereocenters. The van der Waals surface area contributed by atoms with Crippen LogP contribution in [0.25, 0.3) is 0 Å². The number of nitrogens with zero attached hydrogens (tertiary/aromatic N) is 1. The predicted octanol–water partition coefficient (Wildman–Crippen LogP) is 3.11. The van der Waals surface area contributed by atoms with Crippen LogP contribution in [0.4, 0.5) is 0 Å². The van der Waals surface area contributed by atoms with Gasteiger partial charge in [0.2, 0.25) is 10.0 Å². The van der Waals surface area contributed by atoms with Crippen molar-refractivity contribution >= 4 is 74.2 Å². The Kier molecular flexibility index (Phi) is 10.3. The Morgan fingerprint density at radius 3 is 2.64 bits per heavy atom. The summed E-state index contributed by atoms with van der Waals surface area (Å²) in [5.41, 5.74) is 0. The SMILES string of the molecule is CCNC(=NCc1cccs1)NCCNS(=O)(=O)c1ccc(Cl)s1.I. The molecule has 0 fully saturated rings. The van der Waals surface area contributed by atoms with Gasteiger partial charge in [-0.25, -0.2) is 18.1 Å². The second kappa shape index (κ2) is 11.3. The minimum atomic E-state index is -3.51. The number of aliphatic imine (C=N–C) groups is 1. The molecule has 140 valence electrons. The van der Waals surface area contributed by atoms with Gasteiger partial charge in [0, 0.05) is 24.5 Å². The fraction of sp³-hybridized carbons (Fsp3) is 0.357. The van der Waals surface area contributed by atoms with E-state index >= 15 is 0 Å². The summed E-state index contributed by atoms with van der Waals surface area (Å²) in [6, 6.07) is 7.08. The van der Waals surface area contributed by atoms with Crippen LogP contribution in [0.15, 0.2) is 38.8 Å². The molecule has 0 atom stereocenters. The normalized spacial score (nSPS) is 11.8. The molecule has 0 aliphatic heterocycles. The zero-order valence-electron chi connectivity index (χ0n) is 13.5. The molecule has 11 heteroatoms. The minimum absolute atomic E-state index is 0. The smallest absolute Gasteiger partial charge is 0.250 e. The lowest BCUT2D eigenvalue weighted by Crippen LogP contribution is -2.41. The molecule has 0 spiro atoms. The Bertz CT molecular complexity index is 763. The Balaban J connectivity index is 0.00000312. The van der Waals surface area contributed by atoms with Crippen LogP contribution in [0.3, 0.4) is 0 Å². The van der Waals surface area contributed by atoms with Gasteiger partial charge in [-0.1, -0.05) is 17.7 Å². The summed E-state index contributed by atoms with van der Waals surface area (Å²) in [7, 11) is -3.51. The Morgan fingerprint density at radius 1 is 1.24 bits per heavy atom. The summed E-state index contributed by atoms with van der Waals surface area (Å²) in [6.45, 7) is 3.98. The Morgan fingerprint density at radius 2 is 2.04 bits per heavy atom. The highest BCUT2D eigenvalue weighted by Crippen LogP contribution is 2.25. The first-order valence-electron chi connectivity index (χ1n) is 7.31. The molecular formula is C14H20ClIN4O2S3. The number of halogens is 2. The number of hydrogen-bond acceptors (Lipinski definition) is 5. The Labute approximate surface area is 178 Å². The Hall–Kier alpha value is -0.400. The van der Waals surface area contributed by atoms with Gasteiger partial charge < -0.3 is 10.6 Å². The highest BCUT2D eigenvalue weighted by Gasteiger charge is 2.15. The van der Waals surface area contributed by atoms with Gasteiger partial charge in [-0.05, 0) is 30.5 Å². The third-order valence-corrected chi connectivity index (χ3v) is 6.89. The second-order valence-corrected chi connectivity index (χ2v) is 9.40. The molecule has 3 N–H and O–H groups in total. The minimum Gasteiger partial charge on any atom is -0.357 e. The predicted molar refractivity (Wildman–Crippen MR) is 117 cm³/mol. The number of nitrogens with one attached hydrogen (secondary N) is 3. The van der Waals surface area contributed by atoms with Crippen LogP contribution >= 0.6 is 58.3 Å². The standard InChI is InChI=1S/C14H19ClN4O2S3.HI/c1-2-16-14(18-10-11-4-3-9-22-11)17-7-8-19-24(20,21)13-6-5-12(15)23-13;/h3-6,9,19H,2,7-8,10H2,1H3,(H2,16,17,18);1H. The van der Waals surface area contributed by atoms with Crippen LogP contribution in [0.1, 0.15) is 11.8 Å². The average molecular weight is 535 g/mol. The van der Waals surface area contributed by atoms with Crippen molar-refractivity contribution in [1.29, 1.82) is 0 Å². The maximum atomic E-state index is 12.1.